The molecule has 1 aromatic carbocycles. The van der Waals surface area contributed by atoms with Gasteiger partial charge in [-0.15, -0.1) is 0 Å². The Morgan fingerprint density at radius 3 is 2.83 bits per heavy atom. The Hall–Kier alpha value is -0.540. The van der Waals surface area contributed by atoms with E-state index in [4.69, 9.17) is 4.74 Å². The molecule has 1 aliphatic carbocycles. The molecule has 2 unspecified atom stereocenters. The Kier molecular flexibility index (Phi) is 5.07. The van der Waals surface area contributed by atoms with Crippen molar-refractivity contribution >= 4 is 15.9 Å². The topological polar surface area (TPSA) is 21.3 Å². The maximum atomic E-state index is 5.27. The van der Waals surface area contributed by atoms with Crippen LogP contribution >= 0.6 is 15.9 Å². The van der Waals surface area contributed by atoms with Crippen LogP contribution in [-0.4, -0.2) is 13.2 Å². The molecule has 0 amide bonds. The monoisotopic (exact) mass is 311 g/mol. The van der Waals surface area contributed by atoms with Gasteiger partial charge in [0.2, 0.25) is 0 Å². The van der Waals surface area contributed by atoms with E-state index in [1.54, 1.807) is 7.11 Å². The molecule has 1 aliphatic rings. The lowest BCUT2D eigenvalue weighted by Gasteiger charge is -2.29. The van der Waals surface area contributed by atoms with E-state index in [0.29, 0.717) is 6.04 Å². The highest BCUT2D eigenvalue weighted by Crippen LogP contribution is 2.26. The second-order valence-electron chi connectivity index (χ2n) is 5.21. The quantitative estimate of drug-likeness (QED) is 0.903. The van der Waals surface area contributed by atoms with Crippen LogP contribution in [0.1, 0.15) is 38.2 Å². The summed E-state index contributed by atoms with van der Waals surface area (Å²) in [5.41, 5.74) is 1.27. The molecule has 18 heavy (non-hydrogen) atoms. The van der Waals surface area contributed by atoms with E-state index in [-0.39, 0.29) is 0 Å². The molecular weight excluding hydrogens is 290 g/mol. The number of rotatable bonds is 4. The van der Waals surface area contributed by atoms with Crippen molar-refractivity contribution in [2.24, 2.45) is 5.92 Å². The summed E-state index contributed by atoms with van der Waals surface area (Å²) in [6.07, 6.45) is 5.42. The molecule has 0 radical (unpaired) electrons. The molecule has 0 saturated heterocycles. The third kappa shape index (κ3) is 3.48. The molecule has 1 fully saturated rings. The van der Waals surface area contributed by atoms with Crippen LogP contribution < -0.4 is 10.1 Å². The van der Waals surface area contributed by atoms with E-state index in [1.807, 2.05) is 6.07 Å². The first kappa shape index (κ1) is 13.9. The standard InChI is InChI=1S/C15H22BrNO/c1-11-5-3-4-6-15(11)17-10-12-9-13(18-2)7-8-14(12)16/h7-9,11,15,17H,3-6,10H2,1-2H3. The largest absolute Gasteiger partial charge is 0.497 e. The third-order valence-electron chi connectivity index (χ3n) is 3.92. The number of ether oxygens (including phenoxy) is 1. The van der Waals surface area contributed by atoms with Crippen LogP contribution in [0.15, 0.2) is 22.7 Å². The second-order valence-corrected chi connectivity index (χ2v) is 6.06. The Balaban J connectivity index is 1.96. The van der Waals surface area contributed by atoms with Crippen LogP contribution in [0, 0.1) is 5.92 Å². The molecule has 0 bridgehead atoms. The summed E-state index contributed by atoms with van der Waals surface area (Å²) in [4.78, 5) is 0. The first-order valence-corrected chi connectivity index (χ1v) is 7.56. The first-order chi connectivity index (χ1) is 8.70. The van der Waals surface area contributed by atoms with Gasteiger partial charge in [0.1, 0.15) is 5.75 Å². The summed E-state index contributed by atoms with van der Waals surface area (Å²) in [6.45, 7) is 3.27. The van der Waals surface area contributed by atoms with Gasteiger partial charge >= 0.3 is 0 Å². The zero-order valence-corrected chi connectivity index (χ0v) is 12.8. The maximum Gasteiger partial charge on any atom is 0.119 e. The van der Waals surface area contributed by atoms with E-state index in [2.05, 4.69) is 40.3 Å². The van der Waals surface area contributed by atoms with Gasteiger partial charge < -0.3 is 10.1 Å². The van der Waals surface area contributed by atoms with Gasteiger partial charge in [-0.2, -0.15) is 0 Å². The van der Waals surface area contributed by atoms with Crippen LogP contribution in [0.5, 0.6) is 5.75 Å². The van der Waals surface area contributed by atoms with Crippen LogP contribution in [0.25, 0.3) is 0 Å². The minimum absolute atomic E-state index is 0.664. The summed E-state index contributed by atoms with van der Waals surface area (Å²) in [6, 6.07) is 6.80. The zero-order chi connectivity index (χ0) is 13.0. The molecule has 2 atom stereocenters. The van der Waals surface area contributed by atoms with Crippen molar-refractivity contribution in [1.82, 2.24) is 5.32 Å². The van der Waals surface area contributed by atoms with Gasteiger partial charge in [0.05, 0.1) is 7.11 Å². The zero-order valence-electron chi connectivity index (χ0n) is 11.2. The highest BCUT2D eigenvalue weighted by Gasteiger charge is 2.20. The van der Waals surface area contributed by atoms with E-state index >= 15 is 0 Å². The van der Waals surface area contributed by atoms with Crippen LogP contribution in [0.2, 0.25) is 0 Å². The molecule has 0 heterocycles. The Labute approximate surface area is 118 Å². The average molecular weight is 312 g/mol. The van der Waals surface area contributed by atoms with Crippen LogP contribution in [0.4, 0.5) is 0 Å². The molecule has 1 saturated carbocycles. The van der Waals surface area contributed by atoms with Crippen molar-refractivity contribution in [3.63, 3.8) is 0 Å². The van der Waals surface area contributed by atoms with E-state index < -0.39 is 0 Å². The summed E-state index contributed by atoms with van der Waals surface area (Å²) in [7, 11) is 1.71. The Morgan fingerprint density at radius 1 is 1.33 bits per heavy atom. The van der Waals surface area contributed by atoms with Crippen molar-refractivity contribution in [2.45, 2.75) is 45.2 Å². The van der Waals surface area contributed by atoms with Gasteiger partial charge in [0.25, 0.3) is 0 Å². The Morgan fingerprint density at radius 2 is 2.11 bits per heavy atom. The minimum atomic E-state index is 0.664. The molecule has 0 aliphatic heterocycles. The van der Waals surface area contributed by atoms with Gasteiger partial charge in [-0.25, -0.2) is 0 Å². The van der Waals surface area contributed by atoms with Crippen LogP contribution in [0.3, 0.4) is 0 Å². The lowest BCUT2D eigenvalue weighted by molar-refractivity contribution is 0.279. The smallest absolute Gasteiger partial charge is 0.119 e. The average Bonchev–Trinajstić information content (AvgIpc) is 2.39. The molecule has 1 N–H and O–H groups in total. The second kappa shape index (κ2) is 6.58. The van der Waals surface area contributed by atoms with Gasteiger partial charge in [0.15, 0.2) is 0 Å². The lowest BCUT2D eigenvalue weighted by atomic mass is 9.86. The van der Waals surface area contributed by atoms with E-state index in [9.17, 15) is 0 Å². The Bertz CT molecular complexity index is 394. The number of benzene rings is 1. The molecular formula is C15H22BrNO. The fourth-order valence-corrected chi connectivity index (χ4v) is 3.06. The molecule has 2 rings (SSSR count). The molecule has 100 valence electrons. The van der Waals surface area contributed by atoms with Crippen molar-refractivity contribution in [2.75, 3.05) is 7.11 Å². The fourth-order valence-electron chi connectivity index (χ4n) is 2.67. The van der Waals surface area contributed by atoms with E-state index in [1.165, 1.54) is 31.2 Å². The summed E-state index contributed by atoms with van der Waals surface area (Å²) in [5.74, 6) is 1.72. The number of hydrogen-bond acceptors (Lipinski definition) is 2. The van der Waals surface area contributed by atoms with Crippen molar-refractivity contribution in [1.29, 1.82) is 0 Å². The van der Waals surface area contributed by atoms with E-state index in [0.717, 1.165) is 22.7 Å². The van der Waals surface area contributed by atoms with Gasteiger partial charge in [-0.1, -0.05) is 35.7 Å². The maximum absolute atomic E-state index is 5.27. The fraction of sp³-hybridized carbons (Fsp3) is 0.600. The summed E-state index contributed by atoms with van der Waals surface area (Å²) < 4.78 is 6.43. The molecule has 0 spiro atoms. The van der Waals surface area contributed by atoms with Crippen molar-refractivity contribution < 1.29 is 4.74 Å². The lowest BCUT2D eigenvalue weighted by Crippen LogP contribution is -2.36. The molecule has 0 aromatic heterocycles. The minimum Gasteiger partial charge on any atom is -0.497 e. The third-order valence-corrected chi connectivity index (χ3v) is 4.69. The van der Waals surface area contributed by atoms with Gasteiger partial charge in [-0.3, -0.25) is 0 Å². The highest BCUT2D eigenvalue weighted by molar-refractivity contribution is 9.10. The normalized spacial score (nSPS) is 23.9. The van der Waals surface area contributed by atoms with Gasteiger partial charge in [-0.05, 0) is 42.5 Å². The number of hydrogen-bond donors (Lipinski definition) is 1. The molecule has 1 aromatic rings. The number of methoxy groups -OCH3 is 1. The predicted octanol–water partition coefficient (Wildman–Crippen LogP) is 4.13. The van der Waals surface area contributed by atoms with Gasteiger partial charge in [0, 0.05) is 17.1 Å². The highest BCUT2D eigenvalue weighted by atomic mass is 79.9. The molecule has 3 heteroatoms. The summed E-state index contributed by atoms with van der Waals surface area (Å²) in [5, 5.41) is 3.69. The van der Waals surface area contributed by atoms with Crippen molar-refractivity contribution in [3.8, 4) is 5.75 Å². The SMILES string of the molecule is COc1ccc(Br)c(CNC2CCCCC2C)c1. The van der Waals surface area contributed by atoms with Crippen molar-refractivity contribution in [3.05, 3.63) is 28.2 Å². The van der Waals surface area contributed by atoms with Crippen LogP contribution in [-0.2, 0) is 6.54 Å². The number of nitrogens with one attached hydrogen (secondary N) is 1. The molecule has 2 nitrogen and oxygen atoms in total. The number of halogens is 1. The summed E-state index contributed by atoms with van der Waals surface area (Å²) >= 11 is 3.60. The first-order valence-electron chi connectivity index (χ1n) is 6.76. The predicted molar refractivity (Wildman–Crippen MR) is 79.0 cm³/mol.